The van der Waals surface area contributed by atoms with Crippen LogP contribution in [-0.2, 0) is 0 Å². The van der Waals surface area contributed by atoms with Crippen molar-refractivity contribution in [2.24, 2.45) is 5.84 Å². The van der Waals surface area contributed by atoms with E-state index in [0.717, 1.165) is 5.01 Å². The lowest BCUT2D eigenvalue weighted by Crippen LogP contribution is -2.45. The number of rotatable bonds is 3. The topological polar surface area (TPSA) is 78.6 Å². The Balaban J connectivity index is 2.75. The van der Waals surface area contributed by atoms with Crippen molar-refractivity contribution in [2.45, 2.75) is 0 Å². The Morgan fingerprint density at radius 2 is 2.12 bits per heavy atom. The third-order valence-electron chi connectivity index (χ3n) is 1.79. The summed E-state index contributed by atoms with van der Waals surface area (Å²) >= 11 is 11.5. The summed E-state index contributed by atoms with van der Waals surface area (Å²) in [5.74, 6) is 5.54. The lowest BCUT2D eigenvalue weighted by Gasteiger charge is -2.17. The zero-order valence-electron chi connectivity index (χ0n) is 8.28. The van der Waals surface area contributed by atoms with Crippen LogP contribution >= 0.6 is 23.2 Å². The van der Waals surface area contributed by atoms with E-state index < -0.39 is 6.03 Å². The molecule has 0 aliphatic heterocycles. The fraction of sp³-hybridized carbons (Fsp3) is 0.222. The summed E-state index contributed by atoms with van der Waals surface area (Å²) in [4.78, 5) is 11.4. The van der Waals surface area contributed by atoms with Gasteiger partial charge in [0.05, 0.1) is 22.3 Å². The number of urea groups is 1. The molecule has 0 saturated carbocycles. The van der Waals surface area contributed by atoms with Crippen molar-refractivity contribution in [1.82, 2.24) is 5.32 Å². The highest BCUT2D eigenvalue weighted by molar-refractivity contribution is 6.42. The standard InChI is InChI=1S/C9H11Cl2N3O2/c10-7-2-1-6(5-8(7)11)14(12)9(16)13-3-4-15/h1-2,5,15H,3-4,12H2,(H,13,16). The maximum Gasteiger partial charge on any atom is 0.336 e. The van der Waals surface area contributed by atoms with Gasteiger partial charge in [-0.1, -0.05) is 23.2 Å². The summed E-state index contributed by atoms with van der Waals surface area (Å²) < 4.78 is 0. The fourth-order valence-electron chi connectivity index (χ4n) is 1.00. The van der Waals surface area contributed by atoms with E-state index >= 15 is 0 Å². The molecule has 0 aromatic heterocycles. The van der Waals surface area contributed by atoms with Crippen LogP contribution in [0.2, 0.25) is 10.0 Å². The number of anilines is 1. The number of carbonyl (C=O) groups excluding carboxylic acids is 1. The minimum Gasteiger partial charge on any atom is -0.395 e. The Kier molecular flexibility index (Phi) is 4.82. The van der Waals surface area contributed by atoms with E-state index in [1.54, 1.807) is 12.1 Å². The quantitative estimate of drug-likeness (QED) is 0.438. The summed E-state index contributed by atoms with van der Waals surface area (Å²) in [5.41, 5.74) is 0.407. The molecule has 0 bridgehead atoms. The van der Waals surface area contributed by atoms with Crippen molar-refractivity contribution < 1.29 is 9.90 Å². The monoisotopic (exact) mass is 263 g/mol. The Bertz CT molecular complexity index is 387. The molecule has 1 rings (SSSR count). The first kappa shape index (κ1) is 13.1. The smallest absolute Gasteiger partial charge is 0.336 e. The molecule has 1 aromatic carbocycles. The molecule has 16 heavy (non-hydrogen) atoms. The number of benzene rings is 1. The second-order valence-corrected chi connectivity index (χ2v) is 3.74. The highest BCUT2D eigenvalue weighted by Crippen LogP contribution is 2.26. The zero-order chi connectivity index (χ0) is 12.1. The van der Waals surface area contributed by atoms with Crippen LogP contribution < -0.4 is 16.2 Å². The number of hydrazine groups is 1. The van der Waals surface area contributed by atoms with Gasteiger partial charge in [-0.3, -0.25) is 0 Å². The maximum atomic E-state index is 11.4. The van der Waals surface area contributed by atoms with Gasteiger partial charge in [-0.2, -0.15) is 0 Å². The molecular formula is C9H11Cl2N3O2. The first-order valence-corrected chi connectivity index (χ1v) is 5.20. The molecule has 1 aromatic rings. The number of nitrogens with zero attached hydrogens (tertiary/aromatic N) is 1. The number of nitrogens with one attached hydrogen (secondary N) is 1. The Morgan fingerprint density at radius 1 is 1.44 bits per heavy atom. The van der Waals surface area contributed by atoms with Crippen molar-refractivity contribution in [1.29, 1.82) is 0 Å². The van der Waals surface area contributed by atoms with Crippen LogP contribution in [0.1, 0.15) is 0 Å². The van der Waals surface area contributed by atoms with Crippen molar-refractivity contribution in [3.05, 3.63) is 28.2 Å². The van der Waals surface area contributed by atoms with Crippen LogP contribution in [0.25, 0.3) is 0 Å². The zero-order valence-corrected chi connectivity index (χ0v) is 9.79. The third-order valence-corrected chi connectivity index (χ3v) is 2.53. The van der Waals surface area contributed by atoms with Crippen molar-refractivity contribution in [3.8, 4) is 0 Å². The minimum absolute atomic E-state index is 0.133. The number of aliphatic hydroxyl groups is 1. The molecule has 4 N–H and O–H groups in total. The van der Waals surface area contributed by atoms with Crippen molar-refractivity contribution in [3.63, 3.8) is 0 Å². The van der Waals surface area contributed by atoms with Gasteiger partial charge in [0.2, 0.25) is 0 Å². The number of halogens is 2. The lowest BCUT2D eigenvalue weighted by molar-refractivity contribution is 0.239. The van der Waals surface area contributed by atoms with E-state index in [0.29, 0.717) is 15.7 Å². The number of carbonyl (C=O) groups is 1. The summed E-state index contributed by atoms with van der Waals surface area (Å²) in [7, 11) is 0. The molecule has 0 spiro atoms. The normalized spacial score (nSPS) is 10.0. The van der Waals surface area contributed by atoms with Gasteiger partial charge in [0.25, 0.3) is 0 Å². The second-order valence-electron chi connectivity index (χ2n) is 2.92. The van der Waals surface area contributed by atoms with Crippen LogP contribution in [0.3, 0.4) is 0 Å². The van der Waals surface area contributed by atoms with Crippen LogP contribution in [0.4, 0.5) is 10.5 Å². The first-order valence-electron chi connectivity index (χ1n) is 4.45. The van der Waals surface area contributed by atoms with Crippen LogP contribution in [0, 0.1) is 0 Å². The van der Waals surface area contributed by atoms with Crippen LogP contribution in [-0.4, -0.2) is 24.3 Å². The molecular weight excluding hydrogens is 253 g/mol. The second kappa shape index (κ2) is 5.91. The summed E-state index contributed by atoms with van der Waals surface area (Å²) in [6, 6.07) is 4.04. The summed E-state index contributed by atoms with van der Waals surface area (Å²) in [6.45, 7) is -0.0190. The Morgan fingerprint density at radius 3 is 2.69 bits per heavy atom. The van der Waals surface area contributed by atoms with Gasteiger partial charge in [0, 0.05) is 6.54 Å². The molecule has 5 nitrogen and oxygen atoms in total. The average molecular weight is 264 g/mol. The van der Waals surface area contributed by atoms with Crippen LogP contribution in [0.5, 0.6) is 0 Å². The molecule has 0 atom stereocenters. The Hall–Kier alpha value is -1.01. The van der Waals surface area contributed by atoms with Gasteiger partial charge in [-0.15, -0.1) is 0 Å². The predicted molar refractivity (Wildman–Crippen MR) is 63.6 cm³/mol. The van der Waals surface area contributed by atoms with E-state index in [1.165, 1.54) is 6.07 Å². The lowest BCUT2D eigenvalue weighted by atomic mass is 10.3. The molecule has 0 aliphatic rings. The fourth-order valence-corrected chi connectivity index (χ4v) is 1.29. The largest absolute Gasteiger partial charge is 0.395 e. The molecule has 7 heteroatoms. The van der Waals surface area contributed by atoms with Crippen molar-refractivity contribution in [2.75, 3.05) is 18.2 Å². The van der Waals surface area contributed by atoms with E-state index in [4.69, 9.17) is 34.2 Å². The molecule has 0 aliphatic carbocycles. The van der Waals surface area contributed by atoms with E-state index in [2.05, 4.69) is 5.32 Å². The Labute approximate surface area is 103 Å². The number of hydrogen-bond acceptors (Lipinski definition) is 3. The van der Waals surface area contributed by atoms with Gasteiger partial charge >= 0.3 is 6.03 Å². The molecule has 0 unspecified atom stereocenters. The molecule has 0 saturated heterocycles. The predicted octanol–water partition coefficient (Wildman–Crippen LogP) is 1.38. The van der Waals surface area contributed by atoms with Gasteiger partial charge < -0.3 is 10.4 Å². The third kappa shape index (κ3) is 3.24. The minimum atomic E-state index is -0.535. The first-order chi connectivity index (χ1) is 7.56. The van der Waals surface area contributed by atoms with E-state index in [-0.39, 0.29) is 13.2 Å². The maximum absolute atomic E-state index is 11.4. The molecule has 0 heterocycles. The van der Waals surface area contributed by atoms with Crippen molar-refractivity contribution >= 4 is 34.9 Å². The molecule has 2 amide bonds. The number of amides is 2. The van der Waals surface area contributed by atoms with Gasteiger partial charge in [0.15, 0.2) is 0 Å². The summed E-state index contributed by atoms with van der Waals surface area (Å²) in [5, 5.41) is 12.5. The van der Waals surface area contributed by atoms with E-state index in [9.17, 15) is 4.79 Å². The van der Waals surface area contributed by atoms with E-state index in [1.807, 2.05) is 0 Å². The highest BCUT2D eigenvalue weighted by Gasteiger charge is 2.11. The molecule has 0 fully saturated rings. The average Bonchev–Trinajstić information content (AvgIpc) is 2.28. The number of aliphatic hydroxyl groups excluding tert-OH is 1. The van der Waals surface area contributed by atoms with Gasteiger partial charge in [-0.05, 0) is 18.2 Å². The molecule has 0 radical (unpaired) electrons. The number of nitrogens with two attached hydrogens (primary N) is 1. The SMILES string of the molecule is NN(C(=O)NCCO)c1ccc(Cl)c(Cl)c1. The van der Waals surface area contributed by atoms with Gasteiger partial charge in [0.1, 0.15) is 0 Å². The highest BCUT2D eigenvalue weighted by atomic mass is 35.5. The molecule has 88 valence electrons. The van der Waals surface area contributed by atoms with Gasteiger partial charge in [-0.25, -0.2) is 15.6 Å². The van der Waals surface area contributed by atoms with Crippen LogP contribution in [0.15, 0.2) is 18.2 Å². The summed E-state index contributed by atoms with van der Waals surface area (Å²) in [6.07, 6.45) is 0. The number of hydrogen-bond donors (Lipinski definition) is 3.